The first kappa shape index (κ1) is 7.07. The summed E-state index contributed by atoms with van der Waals surface area (Å²) in [7, 11) is 2.21. The van der Waals surface area contributed by atoms with Crippen LogP contribution in [0.25, 0.3) is 0 Å². The summed E-state index contributed by atoms with van der Waals surface area (Å²) >= 11 is 0. The monoisotopic (exact) mass is 126 g/mol. The van der Waals surface area contributed by atoms with E-state index in [1.807, 2.05) is 0 Å². The Balaban J connectivity index is 1.96. The molecule has 0 amide bonds. The van der Waals surface area contributed by atoms with E-state index in [0.29, 0.717) is 0 Å². The Hall–Kier alpha value is -0.0400. The van der Waals surface area contributed by atoms with Gasteiger partial charge in [-0.25, -0.2) is 0 Å². The van der Waals surface area contributed by atoms with Crippen LogP contribution in [0.15, 0.2) is 0 Å². The highest BCUT2D eigenvalue weighted by Gasteiger charge is 2.26. The van der Waals surface area contributed by atoms with E-state index in [-0.39, 0.29) is 0 Å². The summed E-state index contributed by atoms with van der Waals surface area (Å²) in [6.07, 6.45) is 5.39. The van der Waals surface area contributed by atoms with Crippen LogP contribution in [-0.4, -0.2) is 18.5 Å². The highest BCUT2D eigenvalue weighted by molar-refractivity contribution is 5.02. The number of rotatable bonds is 4. The maximum atomic E-state index is 2.41. The van der Waals surface area contributed by atoms with E-state index in [1.54, 1.807) is 6.04 Å². The molecule has 1 fully saturated rings. The third kappa shape index (κ3) is 2.35. The number of hydrogen-bond donors (Lipinski definition) is 0. The molecule has 0 aromatic rings. The van der Waals surface area contributed by atoms with Gasteiger partial charge in [-0.05, 0) is 32.9 Å². The lowest BCUT2D eigenvalue weighted by Crippen LogP contribution is -2.16. The van der Waals surface area contributed by atoms with Crippen LogP contribution in [0.5, 0.6) is 0 Å². The first-order chi connectivity index (χ1) is 4.34. The average Bonchev–Trinajstić information content (AvgIpc) is 2.63. The van der Waals surface area contributed by atoms with E-state index < -0.39 is 0 Å². The first-order valence-electron chi connectivity index (χ1n) is 3.90. The van der Waals surface area contributed by atoms with Gasteiger partial charge in [-0.2, -0.15) is 0 Å². The van der Waals surface area contributed by atoms with Crippen molar-refractivity contribution in [2.75, 3.05) is 13.6 Å². The predicted octanol–water partition coefficient (Wildman–Crippen LogP) is 2.04. The lowest BCUT2D eigenvalue weighted by atomic mass is 10.3. The third-order valence-electron chi connectivity index (χ3n) is 1.86. The Morgan fingerprint density at radius 3 is 2.56 bits per heavy atom. The van der Waals surface area contributed by atoms with E-state index in [0.717, 1.165) is 0 Å². The Kier molecular flexibility index (Phi) is 2.52. The van der Waals surface area contributed by atoms with Crippen molar-refractivity contribution in [3.8, 4) is 0 Å². The van der Waals surface area contributed by atoms with Gasteiger partial charge in [0.25, 0.3) is 0 Å². The van der Waals surface area contributed by atoms with Gasteiger partial charge in [0, 0.05) is 6.04 Å². The van der Waals surface area contributed by atoms with Crippen molar-refractivity contribution in [1.82, 2.24) is 4.90 Å². The molecule has 53 valence electrons. The van der Waals surface area contributed by atoms with Crippen molar-refractivity contribution in [2.24, 2.45) is 0 Å². The average molecular weight is 126 g/mol. The standard InChI is InChI=1S/C8H16N/c1-3-4-7-9(2)8-5-6-8/h3-7H2,1-2H3. The summed E-state index contributed by atoms with van der Waals surface area (Å²) in [6, 6.07) is 1.66. The van der Waals surface area contributed by atoms with Crippen LogP contribution in [0.2, 0.25) is 0 Å². The third-order valence-corrected chi connectivity index (χ3v) is 1.86. The lowest BCUT2D eigenvalue weighted by molar-refractivity contribution is 0.383. The number of hydrogen-bond acceptors (Lipinski definition) is 1. The Bertz CT molecular complexity index is 76.6. The van der Waals surface area contributed by atoms with Crippen molar-refractivity contribution in [2.45, 2.75) is 32.6 Å². The molecule has 0 saturated heterocycles. The van der Waals surface area contributed by atoms with Crippen LogP contribution < -0.4 is 0 Å². The Labute approximate surface area is 58.0 Å². The largest absolute Gasteiger partial charge is 0.299 e. The molecule has 0 aromatic carbocycles. The summed E-state index contributed by atoms with van der Waals surface area (Å²) in [5, 5.41) is 0. The lowest BCUT2D eigenvalue weighted by Gasteiger charge is -2.13. The van der Waals surface area contributed by atoms with Crippen LogP contribution in [0.3, 0.4) is 0 Å². The zero-order valence-electron chi connectivity index (χ0n) is 6.48. The minimum absolute atomic E-state index is 1.27. The maximum Gasteiger partial charge on any atom is 0.0391 e. The van der Waals surface area contributed by atoms with E-state index >= 15 is 0 Å². The highest BCUT2D eigenvalue weighted by atomic mass is 15.1. The number of nitrogens with zero attached hydrogens (tertiary/aromatic N) is 1. The molecule has 1 aliphatic carbocycles. The molecule has 0 aliphatic heterocycles. The van der Waals surface area contributed by atoms with Gasteiger partial charge in [0.1, 0.15) is 0 Å². The summed E-state index contributed by atoms with van der Waals surface area (Å²) < 4.78 is 0. The van der Waals surface area contributed by atoms with E-state index in [2.05, 4.69) is 18.9 Å². The van der Waals surface area contributed by atoms with Crippen LogP contribution >= 0.6 is 0 Å². The van der Waals surface area contributed by atoms with Gasteiger partial charge in [0.05, 0.1) is 0 Å². The van der Waals surface area contributed by atoms with Gasteiger partial charge in [-0.1, -0.05) is 13.3 Å². The molecule has 0 N–H and O–H groups in total. The van der Waals surface area contributed by atoms with Crippen LogP contribution in [0.1, 0.15) is 32.6 Å². The molecular formula is C8H16N. The second-order valence-electron chi connectivity index (χ2n) is 2.84. The molecule has 1 radical (unpaired) electrons. The Morgan fingerprint density at radius 2 is 2.11 bits per heavy atom. The Morgan fingerprint density at radius 1 is 1.44 bits per heavy atom. The van der Waals surface area contributed by atoms with Gasteiger partial charge >= 0.3 is 0 Å². The van der Waals surface area contributed by atoms with Crippen LogP contribution in [-0.2, 0) is 0 Å². The fourth-order valence-corrected chi connectivity index (χ4v) is 0.991. The van der Waals surface area contributed by atoms with Crippen LogP contribution in [0, 0.1) is 6.04 Å². The maximum absolute atomic E-state index is 2.41. The first-order valence-corrected chi connectivity index (χ1v) is 3.90. The van der Waals surface area contributed by atoms with E-state index in [4.69, 9.17) is 0 Å². The predicted molar refractivity (Wildman–Crippen MR) is 40.0 cm³/mol. The highest BCUT2D eigenvalue weighted by Crippen LogP contribution is 2.34. The normalized spacial score (nSPS) is 19.0. The van der Waals surface area contributed by atoms with E-state index in [1.165, 1.54) is 32.2 Å². The summed E-state index contributed by atoms with van der Waals surface area (Å²) in [5.74, 6) is 0. The molecule has 1 aliphatic rings. The molecule has 0 heterocycles. The molecular weight excluding hydrogens is 110 g/mol. The minimum atomic E-state index is 1.27. The fourth-order valence-electron chi connectivity index (χ4n) is 0.991. The molecule has 1 nitrogen and oxygen atoms in total. The quantitative estimate of drug-likeness (QED) is 0.557. The summed E-state index contributed by atoms with van der Waals surface area (Å²) in [5.41, 5.74) is 0. The zero-order valence-corrected chi connectivity index (χ0v) is 6.48. The zero-order chi connectivity index (χ0) is 6.69. The summed E-state index contributed by atoms with van der Waals surface area (Å²) in [6.45, 7) is 3.51. The van der Waals surface area contributed by atoms with Crippen molar-refractivity contribution in [3.63, 3.8) is 0 Å². The topological polar surface area (TPSA) is 3.24 Å². The minimum Gasteiger partial charge on any atom is -0.299 e. The molecule has 0 spiro atoms. The van der Waals surface area contributed by atoms with Gasteiger partial charge in [-0.15, -0.1) is 0 Å². The second-order valence-corrected chi connectivity index (χ2v) is 2.84. The molecule has 0 atom stereocenters. The smallest absolute Gasteiger partial charge is 0.0391 e. The summed E-state index contributed by atoms with van der Waals surface area (Å²) in [4.78, 5) is 2.41. The molecule has 1 heteroatoms. The van der Waals surface area contributed by atoms with Gasteiger partial charge in [0.2, 0.25) is 0 Å². The molecule has 0 bridgehead atoms. The fraction of sp³-hybridized carbons (Fsp3) is 0.875. The van der Waals surface area contributed by atoms with Gasteiger partial charge in [-0.3, -0.25) is 4.90 Å². The van der Waals surface area contributed by atoms with Crippen molar-refractivity contribution in [3.05, 3.63) is 6.04 Å². The van der Waals surface area contributed by atoms with Crippen molar-refractivity contribution >= 4 is 0 Å². The molecule has 1 saturated carbocycles. The molecule has 9 heavy (non-hydrogen) atoms. The van der Waals surface area contributed by atoms with Crippen molar-refractivity contribution < 1.29 is 0 Å². The van der Waals surface area contributed by atoms with Crippen molar-refractivity contribution in [1.29, 1.82) is 0 Å². The number of unbranched alkanes of at least 4 members (excludes halogenated alkanes) is 1. The van der Waals surface area contributed by atoms with E-state index in [9.17, 15) is 0 Å². The SMILES string of the molecule is CCCCN(C)[C]1CC1. The molecule has 0 aromatic heterocycles. The van der Waals surface area contributed by atoms with Gasteiger partial charge in [0.15, 0.2) is 0 Å². The second kappa shape index (κ2) is 3.21. The van der Waals surface area contributed by atoms with Gasteiger partial charge < -0.3 is 0 Å². The molecule has 0 unspecified atom stereocenters. The molecule has 1 rings (SSSR count). The van der Waals surface area contributed by atoms with Crippen LogP contribution in [0.4, 0.5) is 0 Å².